The summed E-state index contributed by atoms with van der Waals surface area (Å²) in [5, 5.41) is 0. The summed E-state index contributed by atoms with van der Waals surface area (Å²) in [7, 11) is 3.62. The van der Waals surface area contributed by atoms with Crippen molar-refractivity contribution in [1.29, 1.82) is 0 Å². The van der Waals surface area contributed by atoms with E-state index in [-0.39, 0.29) is 6.03 Å². The summed E-state index contributed by atoms with van der Waals surface area (Å²) in [6.45, 7) is 6.03. The summed E-state index contributed by atoms with van der Waals surface area (Å²) in [6, 6.07) is 2.82. The Labute approximate surface area is 109 Å². The van der Waals surface area contributed by atoms with Gasteiger partial charge in [-0.3, -0.25) is 0 Å². The Kier molecular flexibility index (Phi) is 3.64. The van der Waals surface area contributed by atoms with E-state index >= 15 is 0 Å². The Bertz CT molecular complexity index is 436. The third-order valence-electron chi connectivity index (χ3n) is 3.82. The molecule has 0 saturated heterocycles. The van der Waals surface area contributed by atoms with Gasteiger partial charge < -0.3 is 14.4 Å². The van der Waals surface area contributed by atoms with E-state index in [1.165, 1.54) is 11.3 Å². The van der Waals surface area contributed by atoms with Gasteiger partial charge in [-0.2, -0.15) is 0 Å². The van der Waals surface area contributed by atoms with Crippen molar-refractivity contribution in [1.82, 2.24) is 14.4 Å². The maximum Gasteiger partial charge on any atom is 0.319 e. The number of amides is 2. The normalized spacial score (nSPS) is 16.3. The Balaban J connectivity index is 2.17. The van der Waals surface area contributed by atoms with Crippen LogP contribution in [0.25, 0.3) is 0 Å². The molecule has 1 aromatic rings. The molecule has 2 amide bonds. The zero-order valence-corrected chi connectivity index (χ0v) is 11.8. The zero-order chi connectivity index (χ0) is 13.3. The summed E-state index contributed by atoms with van der Waals surface area (Å²) in [6.07, 6.45) is 4.27. The topological polar surface area (TPSA) is 28.5 Å². The van der Waals surface area contributed by atoms with Crippen LogP contribution in [-0.4, -0.2) is 41.0 Å². The molecule has 0 radical (unpaired) electrons. The molecule has 0 spiro atoms. The fourth-order valence-electron chi connectivity index (χ4n) is 2.54. The largest absolute Gasteiger partial charge is 0.348 e. The van der Waals surface area contributed by atoms with Crippen LogP contribution in [0.3, 0.4) is 0 Å². The maximum absolute atomic E-state index is 11.9. The Morgan fingerprint density at radius 1 is 1.50 bits per heavy atom. The first-order valence-electron chi connectivity index (χ1n) is 6.69. The maximum atomic E-state index is 11.9. The standard InChI is InChI=1S/C14H23N3O/c1-5-11(2)17-9-6-12-10-16(8-7-13(12)17)14(18)15(3)4/h6,9,11H,5,7-8,10H2,1-4H3. The van der Waals surface area contributed by atoms with E-state index in [9.17, 15) is 4.79 Å². The highest BCUT2D eigenvalue weighted by atomic mass is 16.2. The number of carbonyl (C=O) groups is 1. The molecule has 2 heterocycles. The molecule has 1 aliphatic heterocycles. The van der Waals surface area contributed by atoms with Gasteiger partial charge in [-0.1, -0.05) is 6.92 Å². The Morgan fingerprint density at radius 2 is 2.22 bits per heavy atom. The number of rotatable bonds is 2. The lowest BCUT2D eigenvalue weighted by Crippen LogP contribution is -2.42. The minimum atomic E-state index is 0.108. The Morgan fingerprint density at radius 3 is 2.83 bits per heavy atom. The lowest BCUT2D eigenvalue weighted by Gasteiger charge is -2.31. The number of urea groups is 1. The number of hydrogen-bond acceptors (Lipinski definition) is 1. The van der Waals surface area contributed by atoms with Gasteiger partial charge in [0.1, 0.15) is 0 Å². The minimum absolute atomic E-state index is 0.108. The number of hydrogen-bond donors (Lipinski definition) is 0. The molecule has 1 unspecified atom stereocenters. The van der Waals surface area contributed by atoms with Crippen LogP contribution in [0, 0.1) is 0 Å². The third-order valence-corrected chi connectivity index (χ3v) is 3.82. The summed E-state index contributed by atoms with van der Waals surface area (Å²) in [4.78, 5) is 15.5. The first kappa shape index (κ1) is 13.0. The first-order chi connectivity index (χ1) is 8.54. The van der Waals surface area contributed by atoms with Gasteiger partial charge in [0, 0.05) is 51.5 Å². The second-order valence-electron chi connectivity index (χ2n) is 5.30. The molecule has 0 aromatic carbocycles. The number of carbonyl (C=O) groups excluding carboxylic acids is 1. The number of fused-ring (bicyclic) bond motifs is 1. The molecular weight excluding hydrogens is 226 g/mol. The Hall–Kier alpha value is -1.45. The molecule has 2 rings (SSSR count). The molecule has 100 valence electrons. The van der Waals surface area contributed by atoms with Gasteiger partial charge in [0.2, 0.25) is 0 Å². The van der Waals surface area contributed by atoms with Gasteiger partial charge in [0.25, 0.3) is 0 Å². The van der Waals surface area contributed by atoms with Crippen molar-refractivity contribution in [2.45, 2.75) is 39.3 Å². The van der Waals surface area contributed by atoms with Gasteiger partial charge in [-0.25, -0.2) is 4.79 Å². The van der Waals surface area contributed by atoms with E-state index < -0.39 is 0 Å². The first-order valence-corrected chi connectivity index (χ1v) is 6.69. The van der Waals surface area contributed by atoms with E-state index in [1.54, 1.807) is 4.90 Å². The molecule has 18 heavy (non-hydrogen) atoms. The van der Waals surface area contributed by atoms with E-state index in [0.29, 0.717) is 6.04 Å². The fourth-order valence-corrected chi connectivity index (χ4v) is 2.54. The average molecular weight is 249 g/mol. The van der Waals surface area contributed by atoms with Crippen LogP contribution in [0.5, 0.6) is 0 Å². The third kappa shape index (κ3) is 2.24. The van der Waals surface area contributed by atoms with Crippen molar-refractivity contribution >= 4 is 6.03 Å². The zero-order valence-electron chi connectivity index (χ0n) is 11.8. The lowest BCUT2D eigenvalue weighted by molar-refractivity contribution is 0.165. The predicted molar refractivity (Wildman–Crippen MR) is 72.6 cm³/mol. The summed E-state index contributed by atoms with van der Waals surface area (Å²) in [5.41, 5.74) is 2.71. The second-order valence-corrected chi connectivity index (χ2v) is 5.30. The van der Waals surface area contributed by atoms with Gasteiger partial charge in [0.15, 0.2) is 0 Å². The molecule has 0 N–H and O–H groups in total. The molecule has 1 aromatic heterocycles. The molecular formula is C14H23N3O. The summed E-state index contributed by atoms with van der Waals surface area (Å²) >= 11 is 0. The lowest BCUT2D eigenvalue weighted by atomic mass is 10.1. The molecule has 0 fully saturated rings. The van der Waals surface area contributed by atoms with Gasteiger partial charge in [-0.15, -0.1) is 0 Å². The van der Waals surface area contributed by atoms with E-state index in [1.807, 2.05) is 19.0 Å². The van der Waals surface area contributed by atoms with Crippen LogP contribution >= 0.6 is 0 Å². The van der Waals surface area contributed by atoms with E-state index in [2.05, 4.69) is 30.7 Å². The number of aromatic nitrogens is 1. The SMILES string of the molecule is CCC(C)n1ccc2c1CCN(C(=O)N(C)C)C2. The van der Waals surface area contributed by atoms with Gasteiger partial charge in [-0.05, 0) is 25.0 Å². The highest BCUT2D eigenvalue weighted by Gasteiger charge is 2.24. The van der Waals surface area contributed by atoms with Crippen molar-refractivity contribution in [3.05, 3.63) is 23.5 Å². The van der Waals surface area contributed by atoms with Crippen LogP contribution in [0.15, 0.2) is 12.3 Å². The number of nitrogens with zero attached hydrogens (tertiary/aromatic N) is 3. The van der Waals surface area contributed by atoms with Crippen molar-refractivity contribution < 1.29 is 4.79 Å². The predicted octanol–water partition coefficient (Wildman–Crippen LogP) is 2.50. The van der Waals surface area contributed by atoms with Crippen molar-refractivity contribution in [3.63, 3.8) is 0 Å². The quantitative estimate of drug-likeness (QED) is 0.791. The molecule has 4 nitrogen and oxygen atoms in total. The van der Waals surface area contributed by atoms with Crippen molar-refractivity contribution in [3.8, 4) is 0 Å². The van der Waals surface area contributed by atoms with Crippen LogP contribution in [0.4, 0.5) is 4.79 Å². The molecule has 4 heteroatoms. The fraction of sp³-hybridized carbons (Fsp3) is 0.643. The monoisotopic (exact) mass is 249 g/mol. The molecule has 1 atom stereocenters. The second kappa shape index (κ2) is 5.04. The minimum Gasteiger partial charge on any atom is -0.348 e. The average Bonchev–Trinajstić information content (AvgIpc) is 2.79. The molecule has 0 saturated carbocycles. The molecule has 0 aliphatic carbocycles. The van der Waals surface area contributed by atoms with Crippen LogP contribution < -0.4 is 0 Å². The molecule has 0 bridgehead atoms. The van der Waals surface area contributed by atoms with Gasteiger partial charge in [0.05, 0.1) is 0 Å². The summed E-state index contributed by atoms with van der Waals surface area (Å²) in [5.74, 6) is 0. The van der Waals surface area contributed by atoms with Gasteiger partial charge >= 0.3 is 6.03 Å². The van der Waals surface area contributed by atoms with E-state index in [0.717, 1.165) is 25.9 Å². The van der Waals surface area contributed by atoms with Crippen molar-refractivity contribution in [2.24, 2.45) is 0 Å². The van der Waals surface area contributed by atoms with E-state index in [4.69, 9.17) is 0 Å². The summed E-state index contributed by atoms with van der Waals surface area (Å²) < 4.78 is 2.37. The van der Waals surface area contributed by atoms with Crippen LogP contribution in [-0.2, 0) is 13.0 Å². The van der Waals surface area contributed by atoms with Crippen LogP contribution in [0.2, 0.25) is 0 Å². The highest BCUT2D eigenvalue weighted by molar-refractivity contribution is 5.74. The molecule has 1 aliphatic rings. The van der Waals surface area contributed by atoms with Crippen molar-refractivity contribution in [2.75, 3.05) is 20.6 Å². The van der Waals surface area contributed by atoms with Crippen LogP contribution in [0.1, 0.15) is 37.6 Å². The highest BCUT2D eigenvalue weighted by Crippen LogP contribution is 2.24. The smallest absolute Gasteiger partial charge is 0.319 e.